The molecule has 0 aliphatic carbocycles. The molecule has 0 atom stereocenters. The molecule has 4 rings (SSSR count). The molecule has 0 saturated carbocycles. The van der Waals surface area contributed by atoms with E-state index in [9.17, 15) is 0 Å². The molecule has 3 aromatic rings. The van der Waals surface area contributed by atoms with Crippen molar-refractivity contribution in [3.63, 3.8) is 0 Å². The second kappa shape index (κ2) is 6.79. The summed E-state index contributed by atoms with van der Waals surface area (Å²) in [6.45, 7) is 4.21. The lowest BCUT2D eigenvalue weighted by Gasteiger charge is -2.30. The first kappa shape index (κ1) is 15.4. The standard InChI is InChI=1S/C19H21N3OS/c1-23-14-6-7-15-16(12-14)21-13-19(15)24-18-5-3-2-4-17(18)22-10-8-20-9-11-22/h2-7,12-13,20-21H,8-11H2,1H3. The third-order valence-corrected chi connectivity index (χ3v) is 5.52. The van der Waals surface area contributed by atoms with Gasteiger partial charge in [0.15, 0.2) is 0 Å². The summed E-state index contributed by atoms with van der Waals surface area (Å²) in [7, 11) is 1.70. The maximum absolute atomic E-state index is 5.31. The zero-order chi connectivity index (χ0) is 16.4. The number of hydrogen-bond acceptors (Lipinski definition) is 4. The van der Waals surface area contributed by atoms with Crippen molar-refractivity contribution in [3.05, 3.63) is 48.7 Å². The first-order chi connectivity index (χ1) is 11.8. The Hall–Kier alpha value is -2.11. The average molecular weight is 339 g/mol. The Labute approximate surface area is 146 Å². The Kier molecular flexibility index (Phi) is 4.36. The molecule has 2 aromatic carbocycles. The van der Waals surface area contributed by atoms with Crippen LogP contribution in [0.3, 0.4) is 0 Å². The quantitative estimate of drug-likeness (QED) is 0.760. The van der Waals surface area contributed by atoms with E-state index >= 15 is 0 Å². The van der Waals surface area contributed by atoms with Crippen LogP contribution in [-0.2, 0) is 0 Å². The second-order valence-electron chi connectivity index (χ2n) is 5.87. The summed E-state index contributed by atoms with van der Waals surface area (Å²) in [4.78, 5) is 8.37. The summed E-state index contributed by atoms with van der Waals surface area (Å²) in [6.07, 6.45) is 2.09. The van der Waals surface area contributed by atoms with Gasteiger partial charge < -0.3 is 19.9 Å². The number of rotatable bonds is 4. The van der Waals surface area contributed by atoms with E-state index in [4.69, 9.17) is 4.74 Å². The molecular weight excluding hydrogens is 318 g/mol. The maximum Gasteiger partial charge on any atom is 0.120 e. The number of hydrogen-bond donors (Lipinski definition) is 2. The van der Waals surface area contributed by atoms with Crippen LogP contribution >= 0.6 is 11.8 Å². The highest BCUT2D eigenvalue weighted by Gasteiger charge is 2.15. The number of nitrogens with one attached hydrogen (secondary N) is 2. The molecule has 1 aliphatic heterocycles. The molecule has 24 heavy (non-hydrogen) atoms. The molecule has 124 valence electrons. The minimum atomic E-state index is 0.877. The van der Waals surface area contributed by atoms with Gasteiger partial charge in [-0.2, -0.15) is 0 Å². The predicted octanol–water partition coefficient (Wildman–Crippen LogP) is 3.74. The van der Waals surface area contributed by atoms with Crippen LogP contribution in [0.5, 0.6) is 5.75 Å². The smallest absolute Gasteiger partial charge is 0.120 e. The van der Waals surface area contributed by atoms with Crippen LogP contribution in [0.15, 0.2) is 58.5 Å². The summed E-state index contributed by atoms with van der Waals surface area (Å²) < 4.78 is 5.31. The third-order valence-electron chi connectivity index (χ3n) is 4.39. The van der Waals surface area contributed by atoms with Gasteiger partial charge >= 0.3 is 0 Å². The molecule has 0 bridgehead atoms. The number of aromatic nitrogens is 1. The largest absolute Gasteiger partial charge is 0.497 e. The summed E-state index contributed by atoms with van der Waals surface area (Å²) in [6, 6.07) is 14.9. The van der Waals surface area contributed by atoms with Crippen molar-refractivity contribution in [1.82, 2.24) is 10.3 Å². The Bertz CT molecular complexity index is 839. The molecule has 0 unspecified atom stereocenters. The van der Waals surface area contributed by atoms with Crippen molar-refractivity contribution in [2.24, 2.45) is 0 Å². The monoisotopic (exact) mass is 339 g/mol. The van der Waals surface area contributed by atoms with E-state index in [0.717, 1.165) is 37.4 Å². The van der Waals surface area contributed by atoms with Crippen molar-refractivity contribution >= 4 is 28.4 Å². The van der Waals surface area contributed by atoms with Gasteiger partial charge in [-0.05, 0) is 24.3 Å². The number of fused-ring (bicyclic) bond motifs is 1. The van der Waals surface area contributed by atoms with Crippen molar-refractivity contribution < 1.29 is 4.74 Å². The summed E-state index contributed by atoms with van der Waals surface area (Å²) >= 11 is 1.82. The third kappa shape index (κ3) is 2.97. The molecule has 0 radical (unpaired) electrons. The van der Waals surface area contributed by atoms with Crippen molar-refractivity contribution in [2.45, 2.75) is 9.79 Å². The van der Waals surface area contributed by atoms with E-state index in [-0.39, 0.29) is 0 Å². The van der Waals surface area contributed by atoms with Crippen molar-refractivity contribution in [2.75, 3.05) is 38.2 Å². The fraction of sp³-hybridized carbons (Fsp3) is 0.263. The summed E-state index contributed by atoms with van der Waals surface area (Å²) in [5, 5.41) is 4.65. The van der Waals surface area contributed by atoms with Gasteiger partial charge in [-0.1, -0.05) is 23.9 Å². The fourth-order valence-electron chi connectivity index (χ4n) is 3.12. The summed E-state index contributed by atoms with van der Waals surface area (Å²) in [5.41, 5.74) is 2.43. The number of nitrogens with zero attached hydrogens (tertiary/aromatic N) is 1. The molecule has 0 amide bonds. The van der Waals surface area contributed by atoms with Crippen LogP contribution in [0.2, 0.25) is 0 Å². The molecule has 2 heterocycles. The number of aromatic amines is 1. The predicted molar refractivity (Wildman–Crippen MR) is 100 cm³/mol. The molecule has 1 aromatic heterocycles. The number of benzene rings is 2. The topological polar surface area (TPSA) is 40.3 Å². The van der Waals surface area contributed by atoms with Gasteiger partial charge in [0.25, 0.3) is 0 Å². The van der Waals surface area contributed by atoms with Crippen LogP contribution in [0.1, 0.15) is 0 Å². The number of anilines is 1. The van der Waals surface area contributed by atoms with E-state index in [1.165, 1.54) is 20.9 Å². The Morgan fingerprint density at radius 1 is 1.04 bits per heavy atom. The van der Waals surface area contributed by atoms with Crippen molar-refractivity contribution in [3.8, 4) is 5.75 Å². The molecule has 1 saturated heterocycles. The molecule has 2 N–H and O–H groups in total. The second-order valence-corrected chi connectivity index (χ2v) is 6.96. The van der Waals surface area contributed by atoms with Gasteiger partial charge in [0.2, 0.25) is 0 Å². The van der Waals surface area contributed by atoms with Gasteiger partial charge in [0.1, 0.15) is 5.75 Å². The SMILES string of the molecule is COc1ccc2c(Sc3ccccc3N3CCNCC3)c[nH]c2c1. The lowest BCUT2D eigenvalue weighted by atomic mass is 10.2. The van der Waals surface area contributed by atoms with Crippen LogP contribution in [-0.4, -0.2) is 38.3 Å². The highest BCUT2D eigenvalue weighted by atomic mass is 32.2. The first-order valence-corrected chi connectivity index (χ1v) is 9.04. The number of piperazine rings is 1. The van der Waals surface area contributed by atoms with Gasteiger partial charge in [-0.15, -0.1) is 0 Å². The zero-order valence-electron chi connectivity index (χ0n) is 13.7. The molecular formula is C19H21N3OS. The highest BCUT2D eigenvalue weighted by Crippen LogP contribution is 2.39. The number of ether oxygens (including phenoxy) is 1. The van der Waals surface area contributed by atoms with E-state index in [1.807, 2.05) is 23.9 Å². The summed E-state index contributed by atoms with van der Waals surface area (Å²) in [5.74, 6) is 0.877. The zero-order valence-corrected chi connectivity index (χ0v) is 14.5. The molecule has 0 spiro atoms. The molecule has 4 nitrogen and oxygen atoms in total. The van der Waals surface area contributed by atoms with Gasteiger partial charge in [-0.3, -0.25) is 0 Å². The molecule has 1 fully saturated rings. The Morgan fingerprint density at radius 2 is 1.88 bits per heavy atom. The van der Waals surface area contributed by atoms with E-state index in [0.29, 0.717) is 0 Å². The Morgan fingerprint density at radius 3 is 2.71 bits per heavy atom. The first-order valence-electron chi connectivity index (χ1n) is 8.23. The minimum absolute atomic E-state index is 0.877. The maximum atomic E-state index is 5.31. The van der Waals surface area contributed by atoms with Crippen LogP contribution < -0.4 is 15.0 Å². The van der Waals surface area contributed by atoms with E-state index in [2.05, 4.69) is 51.7 Å². The number of H-pyrrole nitrogens is 1. The normalized spacial score (nSPS) is 15.0. The lowest BCUT2D eigenvalue weighted by molar-refractivity contribution is 0.415. The van der Waals surface area contributed by atoms with Crippen molar-refractivity contribution in [1.29, 1.82) is 0 Å². The van der Waals surface area contributed by atoms with E-state index < -0.39 is 0 Å². The molecule has 1 aliphatic rings. The van der Waals surface area contributed by atoms with E-state index in [1.54, 1.807) is 7.11 Å². The van der Waals surface area contributed by atoms with Gasteiger partial charge in [0, 0.05) is 53.6 Å². The van der Waals surface area contributed by atoms with Crippen LogP contribution in [0, 0.1) is 0 Å². The minimum Gasteiger partial charge on any atom is -0.497 e. The lowest BCUT2D eigenvalue weighted by Crippen LogP contribution is -2.43. The highest BCUT2D eigenvalue weighted by molar-refractivity contribution is 7.99. The fourth-order valence-corrected chi connectivity index (χ4v) is 4.21. The average Bonchev–Trinajstić information content (AvgIpc) is 3.05. The van der Waals surface area contributed by atoms with Gasteiger partial charge in [0.05, 0.1) is 18.3 Å². The van der Waals surface area contributed by atoms with Gasteiger partial charge in [-0.25, -0.2) is 0 Å². The van der Waals surface area contributed by atoms with Crippen LogP contribution in [0.25, 0.3) is 10.9 Å². The number of methoxy groups -OCH3 is 1. The Balaban J connectivity index is 1.66. The molecule has 5 heteroatoms. The van der Waals surface area contributed by atoms with Crippen LogP contribution in [0.4, 0.5) is 5.69 Å². The number of para-hydroxylation sites is 1.